The van der Waals surface area contributed by atoms with Crippen molar-refractivity contribution in [1.82, 2.24) is 10.9 Å². The van der Waals surface area contributed by atoms with E-state index in [1.54, 1.807) is 0 Å². The van der Waals surface area contributed by atoms with Gasteiger partial charge in [-0.15, -0.1) is 0 Å². The zero-order valence-electron chi connectivity index (χ0n) is 15.0. The molecule has 2 N–H and O–H groups in total. The molecule has 0 spiro atoms. The number of nitrogens with one attached hydrogen (secondary N) is 2. The van der Waals surface area contributed by atoms with Crippen LogP contribution in [0.15, 0.2) is 70.4 Å². The van der Waals surface area contributed by atoms with Crippen molar-refractivity contribution in [3.63, 3.8) is 0 Å². The van der Waals surface area contributed by atoms with Gasteiger partial charge in [-0.1, -0.05) is 36.9 Å². The summed E-state index contributed by atoms with van der Waals surface area (Å²) in [5.74, 6) is 0. The smallest absolute Gasteiger partial charge is 0.252 e. The first-order valence-electron chi connectivity index (χ1n) is 7.81. The number of benzene rings is 1. The lowest BCUT2D eigenvalue weighted by molar-refractivity contribution is -0.137. The molecular formula is C18H16F6N4S. The summed E-state index contributed by atoms with van der Waals surface area (Å²) in [6.45, 7) is 4.39. The van der Waals surface area contributed by atoms with Crippen LogP contribution in [-0.2, 0) is 6.18 Å². The third-order valence-electron chi connectivity index (χ3n) is 3.21. The number of alkyl halides is 6. The number of allylic oxidation sites excluding steroid dienone is 5. The molecule has 0 bridgehead atoms. The molecule has 0 saturated heterocycles. The van der Waals surface area contributed by atoms with Gasteiger partial charge in [-0.25, -0.2) is 0 Å². The molecule has 156 valence electrons. The lowest BCUT2D eigenvalue weighted by atomic mass is 10.1. The lowest BCUT2D eigenvalue weighted by Gasteiger charge is -2.06. The van der Waals surface area contributed by atoms with Crippen molar-refractivity contribution in [3.05, 3.63) is 71.3 Å². The maximum Gasteiger partial charge on any atom is 0.416 e. The van der Waals surface area contributed by atoms with Crippen molar-refractivity contribution in [1.29, 1.82) is 0 Å². The summed E-state index contributed by atoms with van der Waals surface area (Å²) in [6.07, 6.45) is -3.04. The van der Waals surface area contributed by atoms with Gasteiger partial charge in [0.2, 0.25) is 5.11 Å². The lowest BCUT2D eigenvalue weighted by Crippen LogP contribution is -2.28. The Labute approximate surface area is 168 Å². The molecule has 0 aliphatic rings. The predicted octanol–water partition coefficient (Wildman–Crippen LogP) is 5.11. The van der Waals surface area contributed by atoms with Crippen LogP contribution in [0.3, 0.4) is 0 Å². The highest BCUT2D eigenvalue weighted by Crippen LogP contribution is 2.28. The minimum atomic E-state index is -4.42. The Morgan fingerprint density at radius 3 is 2.10 bits per heavy atom. The Kier molecular flexibility index (Phi) is 8.77. The Bertz CT molecular complexity index is 833. The van der Waals surface area contributed by atoms with Crippen molar-refractivity contribution in [2.75, 3.05) is 0 Å². The fourth-order valence-electron chi connectivity index (χ4n) is 1.59. The largest absolute Gasteiger partial charge is 0.416 e. The van der Waals surface area contributed by atoms with Crippen molar-refractivity contribution in [2.24, 2.45) is 10.2 Å². The molecule has 4 nitrogen and oxygen atoms in total. The normalized spacial score (nSPS) is 13.8. The van der Waals surface area contributed by atoms with Crippen LogP contribution in [0, 0.1) is 0 Å². The summed E-state index contributed by atoms with van der Waals surface area (Å²) in [7, 11) is 0. The van der Waals surface area contributed by atoms with Crippen molar-refractivity contribution >= 4 is 29.8 Å². The van der Waals surface area contributed by atoms with Gasteiger partial charge < -0.3 is 0 Å². The van der Waals surface area contributed by atoms with E-state index in [9.17, 15) is 26.3 Å². The third-order valence-corrected chi connectivity index (χ3v) is 3.39. The van der Waals surface area contributed by atoms with Crippen LogP contribution in [0.25, 0.3) is 0 Å². The molecule has 0 unspecified atom stereocenters. The fourth-order valence-corrected chi connectivity index (χ4v) is 1.70. The zero-order valence-corrected chi connectivity index (χ0v) is 15.8. The number of rotatable bonds is 6. The highest BCUT2D eigenvalue weighted by atomic mass is 32.1. The van der Waals surface area contributed by atoms with E-state index >= 15 is 0 Å². The molecule has 1 aromatic rings. The average molecular weight is 434 g/mol. The summed E-state index contributed by atoms with van der Waals surface area (Å²) in [4.78, 5) is 0. The van der Waals surface area contributed by atoms with Crippen LogP contribution in [0.2, 0.25) is 0 Å². The molecule has 0 aliphatic heterocycles. The van der Waals surface area contributed by atoms with Gasteiger partial charge in [-0.05, 0) is 42.4 Å². The Balaban J connectivity index is 2.57. The molecule has 0 aromatic heterocycles. The minimum absolute atomic E-state index is 0.0464. The molecule has 29 heavy (non-hydrogen) atoms. The van der Waals surface area contributed by atoms with E-state index in [-0.39, 0.29) is 10.7 Å². The van der Waals surface area contributed by atoms with Crippen molar-refractivity contribution < 1.29 is 26.3 Å². The molecule has 0 heterocycles. The first kappa shape index (κ1) is 24.1. The van der Waals surface area contributed by atoms with Gasteiger partial charge in [-0.2, -0.15) is 36.5 Å². The third kappa shape index (κ3) is 9.19. The molecule has 0 amide bonds. The van der Waals surface area contributed by atoms with Crippen molar-refractivity contribution in [3.8, 4) is 0 Å². The topological polar surface area (TPSA) is 48.8 Å². The summed E-state index contributed by atoms with van der Waals surface area (Å²) in [5.41, 5.74) is 3.89. The van der Waals surface area contributed by atoms with Gasteiger partial charge in [0, 0.05) is 5.57 Å². The quantitative estimate of drug-likeness (QED) is 0.215. The van der Waals surface area contributed by atoms with E-state index < -0.39 is 23.5 Å². The number of halogens is 6. The van der Waals surface area contributed by atoms with E-state index in [1.807, 2.05) is 0 Å². The highest BCUT2D eigenvalue weighted by molar-refractivity contribution is 7.80. The van der Waals surface area contributed by atoms with E-state index in [2.05, 4.69) is 27.6 Å². The fraction of sp³-hybridized carbons (Fsp3) is 0.167. The number of hydrazone groups is 2. The molecule has 0 atom stereocenters. The maximum absolute atomic E-state index is 12.5. The number of nitrogens with zero attached hydrogens (tertiary/aromatic N) is 2. The Morgan fingerprint density at radius 2 is 1.59 bits per heavy atom. The molecule has 1 aromatic carbocycles. The first-order valence-corrected chi connectivity index (χ1v) is 8.22. The van der Waals surface area contributed by atoms with Crippen LogP contribution in [0.4, 0.5) is 26.3 Å². The van der Waals surface area contributed by atoms with Gasteiger partial charge in [0.1, 0.15) is 0 Å². The summed E-state index contributed by atoms with van der Waals surface area (Å²) in [5, 5.41) is 7.41. The van der Waals surface area contributed by atoms with Crippen LogP contribution >= 0.6 is 12.2 Å². The van der Waals surface area contributed by atoms with Crippen LogP contribution in [0.5, 0.6) is 0 Å². The molecule has 0 saturated carbocycles. The minimum Gasteiger partial charge on any atom is -0.252 e. The van der Waals surface area contributed by atoms with Gasteiger partial charge in [0.15, 0.2) is 0 Å². The standard InChI is InChI=1S/C18H16F6N4S/c1-3-13(5-4-12(2)17(19,20)21)10-25-27-16(29)28-26-11-14-6-8-15(9-7-14)18(22,23)24/h3-11H,1H2,2H3,(H2,27,28,29)/b12-4+,13-5+,25-10+,26-11+. The Hall–Kier alpha value is -2.95. The number of hydrogen-bond donors (Lipinski definition) is 2. The molecule has 0 radical (unpaired) electrons. The van der Waals surface area contributed by atoms with E-state index in [4.69, 9.17) is 12.2 Å². The average Bonchev–Trinajstić information content (AvgIpc) is 2.63. The Morgan fingerprint density at radius 1 is 1.00 bits per heavy atom. The molecule has 0 aliphatic carbocycles. The second-order valence-electron chi connectivity index (χ2n) is 5.41. The van der Waals surface area contributed by atoms with E-state index in [0.29, 0.717) is 5.56 Å². The molecule has 11 heteroatoms. The molecule has 0 fully saturated rings. The van der Waals surface area contributed by atoms with E-state index in [0.717, 1.165) is 25.1 Å². The van der Waals surface area contributed by atoms with Crippen molar-refractivity contribution in [2.45, 2.75) is 19.3 Å². The first-order chi connectivity index (χ1) is 13.4. The number of hydrogen-bond acceptors (Lipinski definition) is 3. The monoisotopic (exact) mass is 434 g/mol. The maximum atomic E-state index is 12.5. The van der Waals surface area contributed by atoms with Crippen LogP contribution in [0.1, 0.15) is 18.1 Å². The van der Waals surface area contributed by atoms with Crippen LogP contribution < -0.4 is 10.9 Å². The number of thiocarbonyl (C=S) groups is 1. The highest BCUT2D eigenvalue weighted by Gasteiger charge is 2.30. The SMILES string of the molecule is C=CC(/C=N/NC(=S)N/N=C/c1ccc(C(F)(F)F)cc1)=C\C=C(/C)C(F)(F)F. The van der Waals surface area contributed by atoms with E-state index in [1.165, 1.54) is 36.7 Å². The van der Waals surface area contributed by atoms with Gasteiger partial charge >= 0.3 is 12.4 Å². The zero-order chi connectivity index (χ0) is 22.1. The summed E-state index contributed by atoms with van der Waals surface area (Å²) >= 11 is 4.88. The van der Waals surface area contributed by atoms with Gasteiger partial charge in [0.25, 0.3) is 0 Å². The predicted molar refractivity (Wildman–Crippen MR) is 104 cm³/mol. The van der Waals surface area contributed by atoms with Gasteiger partial charge in [0.05, 0.1) is 18.0 Å². The summed E-state index contributed by atoms with van der Waals surface area (Å²) < 4.78 is 74.7. The summed E-state index contributed by atoms with van der Waals surface area (Å²) in [6, 6.07) is 4.31. The van der Waals surface area contributed by atoms with Crippen LogP contribution in [-0.4, -0.2) is 23.7 Å². The van der Waals surface area contributed by atoms with Gasteiger partial charge in [-0.3, -0.25) is 10.9 Å². The molecular weight excluding hydrogens is 418 g/mol. The molecule has 1 rings (SSSR count). The second kappa shape index (κ2) is 10.6. The second-order valence-corrected chi connectivity index (χ2v) is 5.82.